The highest BCUT2D eigenvalue weighted by molar-refractivity contribution is 7.76. The lowest BCUT2D eigenvalue weighted by molar-refractivity contribution is 0.122. The SMILES string of the molecule is CC1(N2CCc3c(-c4cnc(N)nc4)nc(N4CCOCC4)nc32)CN(S(=O)[O-])C1. The molecule has 2 aromatic rings. The van der Waals surface area contributed by atoms with Crippen molar-refractivity contribution in [2.45, 2.75) is 18.9 Å². The Bertz CT molecular complexity index is 976. The quantitative estimate of drug-likeness (QED) is 0.636. The number of fused-ring (bicyclic) bond motifs is 1. The van der Waals surface area contributed by atoms with Gasteiger partial charge in [0.25, 0.3) is 0 Å². The summed E-state index contributed by atoms with van der Waals surface area (Å²) in [6.45, 7) is 6.43. The number of anilines is 3. The van der Waals surface area contributed by atoms with E-state index < -0.39 is 11.3 Å². The van der Waals surface area contributed by atoms with Crippen molar-refractivity contribution in [2.75, 3.05) is 61.5 Å². The Morgan fingerprint density at radius 2 is 1.87 bits per heavy atom. The molecule has 0 amide bonds. The van der Waals surface area contributed by atoms with Gasteiger partial charge in [0.15, 0.2) is 0 Å². The summed E-state index contributed by atoms with van der Waals surface area (Å²) in [6, 6.07) is 0. The first-order chi connectivity index (χ1) is 14.4. The molecule has 12 heteroatoms. The van der Waals surface area contributed by atoms with E-state index in [-0.39, 0.29) is 11.5 Å². The zero-order valence-corrected chi connectivity index (χ0v) is 17.5. The van der Waals surface area contributed by atoms with Gasteiger partial charge in [0.2, 0.25) is 11.9 Å². The fourth-order valence-corrected chi connectivity index (χ4v) is 5.13. The van der Waals surface area contributed by atoms with Crippen molar-refractivity contribution in [1.82, 2.24) is 24.2 Å². The zero-order valence-electron chi connectivity index (χ0n) is 16.7. The van der Waals surface area contributed by atoms with Gasteiger partial charge in [-0.15, -0.1) is 0 Å². The van der Waals surface area contributed by atoms with E-state index in [1.165, 1.54) is 4.31 Å². The largest absolute Gasteiger partial charge is 0.760 e. The molecule has 0 aliphatic carbocycles. The van der Waals surface area contributed by atoms with Gasteiger partial charge in [0.1, 0.15) is 5.82 Å². The maximum Gasteiger partial charge on any atom is 0.228 e. The van der Waals surface area contributed by atoms with Gasteiger partial charge in [0.05, 0.1) is 24.4 Å². The monoisotopic (exact) mass is 431 g/mol. The van der Waals surface area contributed by atoms with Crippen molar-refractivity contribution >= 4 is 29.0 Å². The highest BCUT2D eigenvalue weighted by atomic mass is 32.2. The van der Waals surface area contributed by atoms with Crippen LogP contribution in [0, 0.1) is 0 Å². The van der Waals surface area contributed by atoms with Crippen LogP contribution in [0.25, 0.3) is 11.3 Å². The van der Waals surface area contributed by atoms with E-state index in [4.69, 9.17) is 20.4 Å². The van der Waals surface area contributed by atoms with Crippen LogP contribution in [-0.2, 0) is 22.4 Å². The van der Waals surface area contributed by atoms with Crippen LogP contribution in [0.1, 0.15) is 12.5 Å². The fourth-order valence-electron chi connectivity index (χ4n) is 4.36. The van der Waals surface area contributed by atoms with Crippen LogP contribution in [0.2, 0.25) is 0 Å². The standard InChI is InChI=1S/C18H24N8O3S/c1-18(10-25(11-18)30(27)28)26-3-2-13-14(12-8-20-16(19)21-9-12)22-17(23-15(13)26)24-4-6-29-7-5-24/h8-9H,2-7,10-11H2,1H3,(H,27,28)(H2,19,20,21)/p-1. The first kappa shape index (κ1) is 19.5. The summed E-state index contributed by atoms with van der Waals surface area (Å²) in [5, 5.41) is 0. The highest BCUT2D eigenvalue weighted by Gasteiger charge is 2.47. The summed E-state index contributed by atoms with van der Waals surface area (Å²) in [5.41, 5.74) is 8.00. The molecule has 0 bridgehead atoms. The van der Waals surface area contributed by atoms with E-state index in [1.807, 2.05) is 0 Å². The van der Waals surface area contributed by atoms with E-state index in [1.54, 1.807) is 12.4 Å². The number of hydrogen-bond acceptors (Lipinski definition) is 10. The Balaban J connectivity index is 1.56. The first-order valence-corrected chi connectivity index (χ1v) is 10.9. The predicted octanol–water partition coefficient (Wildman–Crippen LogP) is -0.417. The average Bonchev–Trinajstić information content (AvgIpc) is 3.16. The lowest BCUT2D eigenvalue weighted by atomic mass is 9.93. The van der Waals surface area contributed by atoms with Crippen LogP contribution in [0.5, 0.6) is 0 Å². The molecule has 5 heterocycles. The molecule has 11 nitrogen and oxygen atoms in total. The minimum atomic E-state index is -2.20. The third kappa shape index (κ3) is 3.29. The molecule has 0 spiro atoms. The van der Waals surface area contributed by atoms with Gasteiger partial charge in [-0.1, -0.05) is 0 Å². The van der Waals surface area contributed by atoms with Crippen LogP contribution in [0.3, 0.4) is 0 Å². The summed E-state index contributed by atoms with van der Waals surface area (Å²) in [5.74, 6) is 1.72. The summed E-state index contributed by atoms with van der Waals surface area (Å²) >= 11 is -2.20. The van der Waals surface area contributed by atoms with Gasteiger partial charge in [-0.25, -0.2) is 19.3 Å². The minimum Gasteiger partial charge on any atom is -0.760 e. The number of hydrogen-bond donors (Lipinski definition) is 1. The summed E-state index contributed by atoms with van der Waals surface area (Å²) < 4.78 is 29.5. The van der Waals surface area contributed by atoms with E-state index in [9.17, 15) is 8.76 Å². The lowest BCUT2D eigenvalue weighted by Crippen LogP contribution is -2.68. The van der Waals surface area contributed by atoms with Crippen molar-refractivity contribution in [1.29, 1.82) is 0 Å². The molecule has 1 atom stereocenters. The molecule has 0 aromatic carbocycles. The van der Waals surface area contributed by atoms with E-state index in [0.29, 0.717) is 32.3 Å². The molecule has 5 rings (SSSR count). The molecule has 1 unspecified atom stereocenters. The second-order valence-corrected chi connectivity index (χ2v) is 8.97. The maximum absolute atomic E-state index is 11.3. The fraction of sp³-hybridized carbons (Fsp3) is 0.556. The number of nitrogen functional groups attached to an aromatic ring is 1. The van der Waals surface area contributed by atoms with E-state index in [2.05, 4.69) is 26.7 Å². The van der Waals surface area contributed by atoms with E-state index >= 15 is 0 Å². The van der Waals surface area contributed by atoms with Crippen molar-refractivity contribution in [3.63, 3.8) is 0 Å². The molecule has 30 heavy (non-hydrogen) atoms. The molecular weight excluding hydrogens is 408 g/mol. The molecule has 2 saturated heterocycles. The highest BCUT2D eigenvalue weighted by Crippen LogP contribution is 2.41. The van der Waals surface area contributed by atoms with Crippen LogP contribution in [-0.4, -0.2) is 84.5 Å². The molecule has 2 aromatic heterocycles. The van der Waals surface area contributed by atoms with Crippen LogP contribution in [0.4, 0.5) is 17.7 Å². The van der Waals surface area contributed by atoms with E-state index in [0.717, 1.165) is 48.7 Å². The number of aromatic nitrogens is 4. The number of nitrogens with two attached hydrogens (primary N) is 1. The second kappa shape index (κ2) is 7.38. The molecule has 3 aliphatic heterocycles. The van der Waals surface area contributed by atoms with Crippen LogP contribution < -0.4 is 15.5 Å². The third-order valence-corrected chi connectivity index (χ3v) is 6.63. The first-order valence-electron chi connectivity index (χ1n) is 9.88. The Morgan fingerprint density at radius 3 is 2.53 bits per heavy atom. The van der Waals surface area contributed by atoms with Gasteiger partial charge in [-0.05, 0) is 13.3 Å². The van der Waals surface area contributed by atoms with Crippen LogP contribution in [0.15, 0.2) is 12.4 Å². The number of morpholine rings is 1. The lowest BCUT2D eigenvalue weighted by Gasteiger charge is -2.53. The Morgan fingerprint density at radius 1 is 1.17 bits per heavy atom. The number of ether oxygens (including phenoxy) is 1. The Kier molecular flexibility index (Phi) is 4.81. The Hall–Kier alpha value is -2.41. The molecule has 160 valence electrons. The van der Waals surface area contributed by atoms with Gasteiger partial charge in [-0.2, -0.15) is 4.98 Å². The molecule has 0 saturated carbocycles. The van der Waals surface area contributed by atoms with Crippen LogP contribution >= 0.6 is 0 Å². The van der Waals surface area contributed by atoms with Crippen molar-refractivity contribution in [3.8, 4) is 11.3 Å². The molecule has 2 N–H and O–H groups in total. The Labute approximate surface area is 176 Å². The minimum absolute atomic E-state index is 0.215. The molecule has 3 aliphatic rings. The van der Waals surface area contributed by atoms with Crippen molar-refractivity contribution < 1.29 is 13.5 Å². The van der Waals surface area contributed by atoms with Gasteiger partial charge >= 0.3 is 0 Å². The third-order valence-electron chi connectivity index (χ3n) is 5.95. The van der Waals surface area contributed by atoms with Crippen molar-refractivity contribution in [2.24, 2.45) is 0 Å². The van der Waals surface area contributed by atoms with Gasteiger partial charge in [0, 0.05) is 67.5 Å². The topological polar surface area (TPSA) is 137 Å². The predicted molar refractivity (Wildman–Crippen MR) is 110 cm³/mol. The second-order valence-electron chi connectivity index (χ2n) is 8.02. The molecular formula is C18H23N8O3S-. The summed E-state index contributed by atoms with van der Waals surface area (Å²) in [6.07, 6.45) is 4.14. The smallest absolute Gasteiger partial charge is 0.228 e. The number of rotatable bonds is 4. The summed E-state index contributed by atoms with van der Waals surface area (Å²) in [7, 11) is 0. The molecule has 2 fully saturated rings. The average molecular weight is 432 g/mol. The normalized spacial score (nSPS) is 21.9. The van der Waals surface area contributed by atoms with Gasteiger partial charge < -0.3 is 24.8 Å². The van der Waals surface area contributed by atoms with Crippen molar-refractivity contribution in [3.05, 3.63) is 18.0 Å². The maximum atomic E-state index is 11.3. The summed E-state index contributed by atoms with van der Waals surface area (Å²) in [4.78, 5) is 22.4. The number of nitrogens with zero attached hydrogens (tertiary/aromatic N) is 7. The zero-order chi connectivity index (χ0) is 20.9. The molecule has 0 radical (unpaired) electrons. The van der Waals surface area contributed by atoms with Gasteiger partial charge in [-0.3, -0.25) is 4.21 Å².